The molecule has 1 N–H and O–H groups in total. The van der Waals surface area contributed by atoms with Gasteiger partial charge < -0.3 is 9.84 Å². The zero-order valence-electron chi connectivity index (χ0n) is 11.1. The van der Waals surface area contributed by atoms with Gasteiger partial charge in [-0.3, -0.25) is 4.31 Å². The Bertz CT molecular complexity index is 713. The largest absolute Gasteiger partial charge is 0.508 e. The van der Waals surface area contributed by atoms with Crippen LogP contribution in [0.15, 0.2) is 53.4 Å². The van der Waals surface area contributed by atoms with E-state index < -0.39 is 10.0 Å². The van der Waals surface area contributed by atoms with Crippen molar-refractivity contribution in [1.82, 2.24) is 0 Å². The van der Waals surface area contributed by atoms with Gasteiger partial charge in [-0.15, -0.1) is 0 Å². The molecule has 0 bridgehead atoms. The lowest BCUT2D eigenvalue weighted by molar-refractivity contribution is 0.415. The molecule has 20 heavy (non-hydrogen) atoms. The molecule has 0 aromatic heterocycles. The molecule has 0 amide bonds. The third kappa shape index (κ3) is 2.70. The highest BCUT2D eigenvalue weighted by atomic mass is 32.2. The predicted octanol–water partition coefficient (Wildman–Crippen LogP) is 2.23. The minimum atomic E-state index is -3.72. The van der Waals surface area contributed by atoms with Crippen LogP contribution < -0.4 is 9.04 Å². The molecule has 2 aromatic carbocycles. The summed E-state index contributed by atoms with van der Waals surface area (Å²) in [7, 11) is -0.752. The van der Waals surface area contributed by atoms with Gasteiger partial charge in [-0.2, -0.15) is 0 Å². The average molecular weight is 293 g/mol. The van der Waals surface area contributed by atoms with Crippen LogP contribution in [-0.2, 0) is 10.0 Å². The van der Waals surface area contributed by atoms with Crippen LogP contribution >= 0.6 is 0 Å². The van der Waals surface area contributed by atoms with Crippen LogP contribution in [-0.4, -0.2) is 27.7 Å². The van der Waals surface area contributed by atoms with Crippen LogP contribution in [0.5, 0.6) is 11.5 Å². The molecule has 2 aromatic rings. The van der Waals surface area contributed by atoms with Crippen molar-refractivity contribution in [2.45, 2.75) is 4.90 Å². The molecule has 0 unspecified atom stereocenters. The first-order valence-corrected chi connectivity index (χ1v) is 7.31. The SMILES string of the molecule is COc1cccc(N(C)S(=O)(=O)c2cccc(O)c2)c1. The number of rotatable bonds is 4. The van der Waals surface area contributed by atoms with Crippen LogP contribution in [0.2, 0.25) is 0 Å². The maximum Gasteiger partial charge on any atom is 0.264 e. The first kappa shape index (κ1) is 14.2. The molecule has 0 aliphatic heterocycles. The van der Waals surface area contributed by atoms with Crippen LogP contribution in [0, 0.1) is 0 Å². The molecule has 0 saturated carbocycles. The van der Waals surface area contributed by atoms with Gasteiger partial charge in [0.25, 0.3) is 10.0 Å². The topological polar surface area (TPSA) is 66.8 Å². The van der Waals surface area contributed by atoms with E-state index in [4.69, 9.17) is 4.74 Å². The molecule has 5 nitrogen and oxygen atoms in total. The number of sulfonamides is 1. The molecule has 106 valence electrons. The third-order valence-electron chi connectivity index (χ3n) is 2.89. The van der Waals surface area contributed by atoms with Crippen molar-refractivity contribution < 1.29 is 18.3 Å². The Hall–Kier alpha value is -2.21. The summed E-state index contributed by atoms with van der Waals surface area (Å²) in [5, 5.41) is 9.41. The number of ether oxygens (including phenoxy) is 1. The van der Waals surface area contributed by atoms with E-state index in [0.717, 1.165) is 4.31 Å². The van der Waals surface area contributed by atoms with Crippen molar-refractivity contribution in [3.8, 4) is 11.5 Å². The highest BCUT2D eigenvalue weighted by molar-refractivity contribution is 7.92. The number of phenols is 1. The average Bonchev–Trinajstić information content (AvgIpc) is 2.46. The number of nitrogens with zero attached hydrogens (tertiary/aromatic N) is 1. The van der Waals surface area contributed by atoms with Gasteiger partial charge in [0.1, 0.15) is 11.5 Å². The summed E-state index contributed by atoms with van der Waals surface area (Å²) in [5.41, 5.74) is 0.479. The lowest BCUT2D eigenvalue weighted by Crippen LogP contribution is -2.26. The molecule has 2 rings (SSSR count). The van der Waals surface area contributed by atoms with Crippen molar-refractivity contribution in [2.24, 2.45) is 0 Å². The number of phenolic OH excluding ortho intramolecular Hbond substituents is 1. The molecular formula is C14H15NO4S. The molecule has 0 aliphatic rings. The Morgan fingerprint density at radius 1 is 1.10 bits per heavy atom. The standard InChI is InChI=1S/C14H15NO4S/c1-15(11-5-3-7-13(9-11)19-2)20(17,18)14-8-4-6-12(16)10-14/h3-10,16H,1-2H3. The molecule has 0 atom stereocenters. The Morgan fingerprint density at radius 2 is 1.80 bits per heavy atom. The maximum absolute atomic E-state index is 12.5. The third-order valence-corrected chi connectivity index (χ3v) is 4.67. The van der Waals surface area contributed by atoms with E-state index in [2.05, 4.69) is 0 Å². The number of hydrogen-bond donors (Lipinski definition) is 1. The molecular weight excluding hydrogens is 278 g/mol. The van der Waals surface area contributed by atoms with Gasteiger partial charge in [-0.1, -0.05) is 12.1 Å². The lowest BCUT2D eigenvalue weighted by Gasteiger charge is -2.20. The van der Waals surface area contributed by atoms with Crippen LogP contribution in [0.4, 0.5) is 5.69 Å². The Morgan fingerprint density at radius 3 is 2.45 bits per heavy atom. The van der Waals surface area contributed by atoms with Gasteiger partial charge >= 0.3 is 0 Å². The van der Waals surface area contributed by atoms with Gasteiger partial charge in [0.2, 0.25) is 0 Å². The van der Waals surface area contributed by atoms with Crippen LogP contribution in [0.25, 0.3) is 0 Å². The second-order valence-corrected chi connectivity index (χ2v) is 6.14. The Labute approximate surface area is 118 Å². The van der Waals surface area contributed by atoms with Gasteiger partial charge in [0, 0.05) is 19.2 Å². The smallest absolute Gasteiger partial charge is 0.264 e. The summed E-state index contributed by atoms with van der Waals surface area (Å²) in [6.45, 7) is 0. The van der Waals surface area contributed by atoms with Crippen molar-refractivity contribution in [2.75, 3.05) is 18.5 Å². The number of anilines is 1. The minimum absolute atomic E-state index is 0.0304. The quantitative estimate of drug-likeness (QED) is 0.938. The number of benzene rings is 2. The van der Waals surface area contributed by atoms with E-state index >= 15 is 0 Å². The molecule has 0 aliphatic carbocycles. The maximum atomic E-state index is 12.5. The Kier molecular flexibility index (Phi) is 3.85. The Balaban J connectivity index is 2.43. The normalized spacial score (nSPS) is 11.1. The molecule has 0 radical (unpaired) electrons. The molecule has 0 fully saturated rings. The number of hydrogen-bond acceptors (Lipinski definition) is 4. The van der Waals surface area contributed by atoms with E-state index in [-0.39, 0.29) is 10.6 Å². The monoisotopic (exact) mass is 293 g/mol. The van der Waals surface area contributed by atoms with Crippen molar-refractivity contribution in [1.29, 1.82) is 0 Å². The lowest BCUT2D eigenvalue weighted by atomic mass is 10.3. The molecule has 6 heteroatoms. The summed E-state index contributed by atoms with van der Waals surface area (Å²) in [6, 6.07) is 12.3. The zero-order valence-corrected chi connectivity index (χ0v) is 12.0. The predicted molar refractivity (Wildman–Crippen MR) is 76.7 cm³/mol. The highest BCUT2D eigenvalue weighted by Crippen LogP contribution is 2.26. The fourth-order valence-electron chi connectivity index (χ4n) is 1.75. The molecule has 0 saturated heterocycles. The summed E-state index contributed by atoms with van der Waals surface area (Å²) < 4.78 is 31.1. The van der Waals surface area contributed by atoms with Crippen molar-refractivity contribution in [3.63, 3.8) is 0 Å². The first-order chi connectivity index (χ1) is 9.45. The van der Waals surface area contributed by atoms with Crippen molar-refractivity contribution >= 4 is 15.7 Å². The number of methoxy groups -OCH3 is 1. The van der Waals surface area contributed by atoms with Crippen LogP contribution in [0.3, 0.4) is 0 Å². The van der Waals surface area contributed by atoms with E-state index in [1.807, 2.05) is 0 Å². The van der Waals surface area contributed by atoms with E-state index in [1.165, 1.54) is 38.4 Å². The van der Waals surface area contributed by atoms with Gasteiger partial charge in [0.15, 0.2) is 0 Å². The van der Waals surface area contributed by atoms with E-state index in [9.17, 15) is 13.5 Å². The van der Waals surface area contributed by atoms with Crippen LogP contribution in [0.1, 0.15) is 0 Å². The summed E-state index contributed by atoms with van der Waals surface area (Å²) in [4.78, 5) is 0.0304. The molecule has 0 spiro atoms. The summed E-state index contributed by atoms with van der Waals surface area (Å²) >= 11 is 0. The summed E-state index contributed by atoms with van der Waals surface area (Å²) in [6.07, 6.45) is 0. The minimum Gasteiger partial charge on any atom is -0.508 e. The van der Waals surface area contributed by atoms with Gasteiger partial charge in [-0.05, 0) is 24.3 Å². The summed E-state index contributed by atoms with van der Waals surface area (Å²) in [5.74, 6) is 0.477. The van der Waals surface area contributed by atoms with Gasteiger partial charge in [-0.25, -0.2) is 8.42 Å². The first-order valence-electron chi connectivity index (χ1n) is 5.87. The second-order valence-electron chi connectivity index (χ2n) is 4.17. The zero-order chi connectivity index (χ0) is 14.8. The van der Waals surface area contributed by atoms with E-state index in [1.54, 1.807) is 24.3 Å². The fraction of sp³-hybridized carbons (Fsp3) is 0.143. The molecule has 0 heterocycles. The van der Waals surface area contributed by atoms with Gasteiger partial charge in [0.05, 0.1) is 17.7 Å². The highest BCUT2D eigenvalue weighted by Gasteiger charge is 2.21. The second kappa shape index (κ2) is 5.42. The fourth-order valence-corrected chi connectivity index (χ4v) is 2.97. The number of aromatic hydroxyl groups is 1. The van der Waals surface area contributed by atoms with Crippen molar-refractivity contribution in [3.05, 3.63) is 48.5 Å². The van der Waals surface area contributed by atoms with E-state index in [0.29, 0.717) is 11.4 Å².